The van der Waals surface area contributed by atoms with Gasteiger partial charge in [-0.05, 0) is 62.9 Å². The fourth-order valence-corrected chi connectivity index (χ4v) is 4.32. The topological polar surface area (TPSA) is 49.2 Å². The predicted octanol–water partition coefficient (Wildman–Crippen LogP) is 3.88. The molecule has 0 radical (unpaired) electrons. The largest absolute Gasteiger partial charge is 0.623 e. The number of quaternary nitrogens is 1. The Hall–Kier alpha value is -2.18. The van der Waals surface area contributed by atoms with Gasteiger partial charge in [0.2, 0.25) is 0 Å². The van der Waals surface area contributed by atoms with E-state index in [0.29, 0.717) is 13.2 Å². The fraction of sp³-hybridized carbons (Fsp3) is 0.333. The molecule has 2 heterocycles. The van der Waals surface area contributed by atoms with Gasteiger partial charge in [0.05, 0.1) is 11.1 Å². The van der Waals surface area contributed by atoms with E-state index in [4.69, 9.17) is 9.68 Å². The van der Waals surface area contributed by atoms with Crippen molar-refractivity contribution >= 4 is 23.1 Å². The zero-order valence-corrected chi connectivity index (χ0v) is 15.9. The molecule has 136 valence electrons. The third-order valence-corrected chi connectivity index (χ3v) is 5.73. The summed E-state index contributed by atoms with van der Waals surface area (Å²) in [5.74, 6) is 0. The summed E-state index contributed by atoms with van der Waals surface area (Å²) in [5.41, 5.74) is 10.8. The van der Waals surface area contributed by atoms with Crippen LogP contribution in [0.15, 0.2) is 12.6 Å². The molecule has 0 amide bonds. The number of nitrogens with zero attached hydrogens (tertiary/aromatic N) is 1. The number of benzene rings is 2. The standard InChI is InChI=1S/C21H24N2O3/c1-7-16-12(3)13(4)20-19(14(16)5)18-11(2)10-17(23-25-8-9-26-23)15(6)21(18)22(20)24/h7,10,22H,1,8-9H2,2-6H3. The maximum atomic E-state index is 13.4. The van der Waals surface area contributed by atoms with E-state index >= 15 is 0 Å². The molecule has 0 aliphatic carbocycles. The molecule has 2 aromatic carbocycles. The molecule has 1 unspecified atom stereocenters. The molecule has 0 bridgehead atoms. The first-order valence-corrected chi connectivity index (χ1v) is 8.89. The minimum absolute atomic E-state index is 0.0935. The van der Waals surface area contributed by atoms with Crippen molar-refractivity contribution in [3.8, 4) is 11.1 Å². The molecule has 1 N–H and O–H groups in total. The van der Waals surface area contributed by atoms with Crippen molar-refractivity contribution in [1.82, 2.24) is 0 Å². The first-order valence-electron chi connectivity index (χ1n) is 8.89. The van der Waals surface area contributed by atoms with Gasteiger partial charge in [0.15, 0.2) is 0 Å². The highest BCUT2D eigenvalue weighted by Crippen LogP contribution is 2.48. The lowest BCUT2D eigenvalue weighted by molar-refractivity contribution is -0.694. The number of aryl methyl sites for hydroxylation is 1. The fourth-order valence-electron chi connectivity index (χ4n) is 4.32. The van der Waals surface area contributed by atoms with Crippen LogP contribution in [0.5, 0.6) is 0 Å². The van der Waals surface area contributed by atoms with Gasteiger partial charge in [-0.1, -0.05) is 12.7 Å². The Kier molecular flexibility index (Phi) is 3.93. The van der Waals surface area contributed by atoms with Crippen LogP contribution >= 0.6 is 0 Å². The maximum Gasteiger partial charge on any atom is 0.149 e. The Bertz CT molecular complexity index is 943. The van der Waals surface area contributed by atoms with Gasteiger partial charge in [-0.2, -0.15) is 0 Å². The van der Waals surface area contributed by atoms with E-state index in [1.807, 2.05) is 32.9 Å². The van der Waals surface area contributed by atoms with Crippen LogP contribution in [0.4, 0.5) is 17.1 Å². The molecule has 1 saturated heterocycles. The zero-order chi connectivity index (χ0) is 18.7. The van der Waals surface area contributed by atoms with E-state index in [1.54, 1.807) is 0 Å². The molecule has 5 heteroatoms. The van der Waals surface area contributed by atoms with Gasteiger partial charge < -0.3 is 10.3 Å². The lowest BCUT2D eigenvalue weighted by Gasteiger charge is -2.24. The predicted molar refractivity (Wildman–Crippen MR) is 104 cm³/mol. The minimum atomic E-state index is 0.0935. The van der Waals surface area contributed by atoms with E-state index < -0.39 is 0 Å². The Morgan fingerprint density at radius 1 is 0.962 bits per heavy atom. The summed E-state index contributed by atoms with van der Waals surface area (Å²) in [6, 6.07) is 2.05. The van der Waals surface area contributed by atoms with Gasteiger partial charge in [0.25, 0.3) is 0 Å². The van der Waals surface area contributed by atoms with Crippen molar-refractivity contribution in [3.63, 3.8) is 0 Å². The first-order chi connectivity index (χ1) is 12.4. The molecular formula is C21H24N2O3. The lowest BCUT2D eigenvalue weighted by Crippen LogP contribution is -2.96. The molecule has 5 nitrogen and oxygen atoms in total. The van der Waals surface area contributed by atoms with Crippen LogP contribution in [-0.2, 0) is 9.68 Å². The van der Waals surface area contributed by atoms with Crippen LogP contribution < -0.4 is 10.3 Å². The zero-order valence-electron chi connectivity index (χ0n) is 15.9. The molecule has 1 atom stereocenters. The second-order valence-electron chi connectivity index (χ2n) is 7.08. The van der Waals surface area contributed by atoms with Crippen LogP contribution in [0.25, 0.3) is 17.2 Å². The average molecular weight is 352 g/mol. The monoisotopic (exact) mass is 352 g/mol. The van der Waals surface area contributed by atoms with Crippen LogP contribution in [0.2, 0.25) is 0 Å². The summed E-state index contributed by atoms with van der Waals surface area (Å²) >= 11 is 0. The van der Waals surface area contributed by atoms with E-state index in [2.05, 4.69) is 20.4 Å². The average Bonchev–Trinajstić information content (AvgIpc) is 3.23. The van der Waals surface area contributed by atoms with E-state index in [-0.39, 0.29) is 5.06 Å². The Morgan fingerprint density at radius 2 is 1.58 bits per heavy atom. The summed E-state index contributed by atoms with van der Waals surface area (Å²) < 4.78 is 0. The third-order valence-electron chi connectivity index (χ3n) is 5.73. The Labute approximate surface area is 153 Å². The van der Waals surface area contributed by atoms with Crippen molar-refractivity contribution < 1.29 is 14.7 Å². The second kappa shape index (κ2) is 5.93. The van der Waals surface area contributed by atoms with Crippen molar-refractivity contribution in [2.75, 3.05) is 18.4 Å². The summed E-state index contributed by atoms with van der Waals surface area (Å²) in [6.07, 6.45) is 1.89. The van der Waals surface area contributed by atoms with Gasteiger partial charge in [-0.3, -0.25) is 0 Å². The number of rotatable bonds is 2. The summed E-state index contributed by atoms with van der Waals surface area (Å²) in [6.45, 7) is 15.2. The molecule has 4 rings (SSSR count). The normalized spacial score (nSPS) is 18.2. The van der Waals surface area contributed by atoms with E-state index in [1.165, 1.54) is 5.23 Å². The highest BCUT2D eigenvalue weighted by molar-refractivity contribution is 5.95. The molecular weight excluding hydrogens is 328 g/mol. The summed E-state index contributed by atoms with van der Waals surface area (Å²) in [7, 11) is 0. The Morgan fingerprint density at radius 3 is 2.19 bits per heavy atom. The smallest absolute Gasteiger partial charge is 0.149 e. The number of hydrogen-bond donors (Lipinski definition) is 1. The minimum Gasteiger partial charge on any atom is -0.623 e. The number of fused-ring (bicyclic) bond motifs is 3. The molecule has 0 spiro atoms. The molecule has 2 aliphatic heterocycles. The molecule has 26 heavy (non-hydrogen) atoms. The highest BCUT2D eigenvalue weighted by atomic mass is 17.0. The second-order valence-corrected chi connectivity index (χ2v) is 7.08. The quantitative estimate of drug-likeness (QED) is 0.834. The summed E-state index contributed by atoms with van der Waals surface area (Å²) in [5, 5.41) is 15.0. The van der Waals surface area contributed by atoms with Gasteiger partial charge in [-0.15, -0.1) is 5.23 Å². The van der Waals surface area contributed by atoms with Crippen LogP contribution in [0.3, 0.4) is 0 Å². The SMILES string of the molecule is C=Cc1c(C)c(C)c2c(c1C)-c1c(C)cc(N3OCCO3)c(C)c1[NH+]2[O-]. The molecule has 0 aromatic heterocycles. The van der Waals surface area contributed by atoms with Crippen molar-refractivity contribution in [1.29, 1.82) is 0 Å². The van der Waals surface area contributed by atoms with Crippen LogP contribution in [-0.4, -0.2) is 13.2 Å². The van der Waals surface area contributed by atoms with Gasteiger partial charge in [0.1, 0.15) is 30.3 Å². The maximum absolute atomic E-state index is 13.4. The van der Waals surface area contributed by atoms with Gasteiger partial charge >= 0.3 is 0 Å². The first kappa shape index (κ1) is 17.2. The van der Waals surface area contributed by atoms with E-state index in [0.717, 1.165) is 61.6 Å². The van der Waals surface area contributed by atoms with Crippen molar-refractivity contribution in [3.05, 3.63) is 51.2 Å². The van der Waals surface area contributed by atoms with E-state index in [9.17, 15) is 5.21 Å². The van der Waals surface area contributed by atoms with Crippen LogP contribution in [0, 0.1) is 39.8 Å². The lowest BCUT2D eigenvalue weighted by atomic mass is 9.87. The van der Waals surface area contributed by atoms with Gasteiger partial charge in [0, 0.05) is 11.1 Å². The highest BCUT2D eigenvalue weighted by Gasteiger charge is 2.37. The molecule has 0 saturated carbocycles. The molecule has 2 aromatic rings. The van der Waals surface area contributed by atoms with Crippen LogP contribution in [0.1, 0.15) is 33.4 Å². The number of hydrogen-bond acceptors (Lipinski definition) is 4. The number of anilines is 1. The van der Waals surface area contributed by atoms with Gasteiger partial charge in [-0.25, -0.2) is 9.68 Å². The summed E-state index contributed by atoms with van der Waals surface area (Å²) in [4.78, 5) is 11.1. The number of nitrogens with one attached hydrogen (secondary N) is 1. The molecule has 2 aliphatic rings. The Balaban J connectivity index is 2.04. The van der Waals surface area contributed by atoms with Crippen molar-refractivity contribution in [2.45, 2.75) is 34.6 Å². The molecule has 1 fully saturated rings. The van der Waals surface area contributed by atoms with Crippen molar-refractivity contribution in [2.24, 2.45) is 0 Å². The third kappa shape index (κ3) is 2.12.